The van der Waals surface area contributed by atoms with Crippen LogP contribution in [0.15, 0.2) is 79.1 Å². The van der Waals surface area contributed by atoms with Crippen molar-refractivity contribution >= 4 is 65.4 Å². The Morgan fingerprint density at radius 3 is 2.51 bits per heavy atom. The Bertz CT molecular complexity index is 1430. The second-order valence-electron chi connectivity index (χ2n) is 8.55. The van der Waals surface area contributed by atoms with Gasteiger partial charge in [0.15, 0.2) is 0 Å². The van der Waals surface area contributed by atoms with E-state index in [4.69, 9.17) is 0 Å². The molecule has 184 valence electrons. The first-order chi connectivity index (χ1) is 17.5. The van der Waals surface area contributed by atoms with Crippen molar-refractivity contribution < 1.29 is 14.7 Å². The number of aryl methyl sites for hydroxylation is 1. The number of pyridine rings is 1. The number of carboxylic acids is 1. The normalized spacial score (nSPS) is 11.7. The molecule has 0 saturated heterocycles. The summed E-state index contributed by atoms with van der Waals surface area (Å²) in [6.07, 6.45) is 9.99. The van der Waals surface area contributed by atoms with Crippen LogP contribution in [0.5, 0.6) is 0 Å². The zero-order chi connectivity index (χ0) is 25.5. The monoisotopic (exact) mass is 504 g/mol. The molecule has 1 atom stereocenters. The summed E-state index contributed by atoms with van der Waals surface area (Å²) in [6.45, 7) is 2.00. The van der Waals surface area contributed by atoms with Gasteiger partial charge in [-0.2, -0.15) is 11.8 Å². The second kappa shape index (κ2) is 13.3. The first-order valence-corrected chi connectivity index (χ1v) is 13.1. The molecular weight excluding hydrogens is 475 g/mol. The summed E-state index contributed by atoms with van der Waals surface area (Å²) < 4.78 is 0. The topological polar surface area (TPSA) is 79.3 Å². The predicted octanol–water partition coefficient (Wildman–Crippen LogP) is 5.67. The van der Waals surface area contributed by atoms with Crippen LogP contribution >= 0.6 is 11.8 Å². The second-order valence-corrected chi connectivity index (χ2v) is 9.53. The molecule has 0 saturated carbocycles. The van der Waals surface area contributed by atoms with Gasteiger partial charge in [-0.05, 0) is 65.1 Å². The van der Waals surface area contributed by atoms with Crippen LogP contribution in [0.3, 0.4) is 0 Å². The molecular formula is C30H29LiN2O3S. The van der Waals surface area contributed by atoms with E-state index in [9.17, 15) is 14.7 Å². The molecule has 0 aliphatic heterocycles. The molecule has 1 unspecified atom stereocenters. The third kappa shape index (κ3) is 6.93. The number of fused-ring (bicyclic) bond motifs is 1. The van der Waals surface area contributed by atoms with Crippen LogP contribution in [0, 0.1) is 6.92 Å². The van der Waals surface area contributed by atoms with E-state index in [2.05, 4.69) is 16.4 Å². The molecule has 0 radical (unpaired) electrons. The molecule has 37 heavy (non-hydrogen) atoms. The predicted molar refractivity (Wildman–Crippen MR) is 156 cm³/mol. The number of hydrogen-bond acceptors (Lipinski definition) is 4. The average Bonchev–Trinajstić information content (AvgIpc) is 2.89. The molecule has 0 spiro atoms. The number of nitrogens with one attached hydrogen (secondary N) is 1. The van der Waals surface area contributed by atoms with Gasteiger partial charge in [0.05, 0.1) is 0 Å². The number of aromatic nitrogens is 1. The van der Waals surface area contributed by atoms with Crippen LogP contribution in [0.2, 0.25) is 0 Å². The van der Waals surface area contributed by atoms with Gasteiger partial charge in [0.25, 0.3) is 5.91 Å². The van der Waals surface area contributed by atoms with Gasteiger partial charge in [-0.25, -0.2) is 4.79 Å². The molecule has 1 amide bonds. The van der Waals surface area contributed by atoms with Crippen molar-refractivity contribution in [3.8, 4) is 11.1 Å². The van der Waals surface area contributed by atoms with Gasteiger partial charge in [-0.3, -0.25) is 9.78 Å². The van der Waals surface area contributed by atoms with Gasteiger partial charge < -0.3 is 10.4 Å². The van der Waals surface area contributed by atoms with Gasteiger partial charge in [-0.1, -0.05) is 66.7 Å². The van der Waals surface area contributed by atoms with Crippen molar-refractivity contribution in [3.05, 3.63) is 101 Å². The summed E-state index contributed by atoms with van der Waals surface area (Å²) in [7, 11) is 0. The van der Waals surface area contributed by atoms with Crippen molar-refractivity contribution in [2.75, 3.05) is 12.0 Å². The Kier molecular flexibility index (Phi) is 10.2. The van der Waals surface area contributed by atoms with Crippen LogP contribution in [0.25, 0.3) is 34.1 Å². The summed E-state index contributed by atoms with van der Waals surface area (Å²) in [5.74, 6) is -0.775. The quantitative estimate of drug-likeness (QED) is 0.287. The number of carbonyl (C=O) groups is 2. The number of carboxylic acid groups (broad SMARTS) is 1. The van der Waals surface area contributed by atoms with Crippen LogP contribution in [-0.4, -0.2) is 58.9 Å². The fourth-order valence-electron chi connectivity index (χ4n) is 4.15. The fraction of sp³-hybridized carbons (Fsp3) is 0.167. The average molecular weight is 505 g/mol. The summed E-state index contributed by atoms with van der Waals surface area (Å²) in [5.41, 5.74) is 5.10. The minimum atomic E-state index is -1.03. The van der Waals surface area contributed by atoms with Crippen LogP contribution in [0.4, 0.5) is 0 Å². The first-order valence-electron chi connectivity index (χ1n) is 11.7. The Balaban J connectivity index is 0.00000380. The minimum absolute atomic E-state index is 0. The first kappa shape index (κ1) is 28.3. The zero-order valence-corrected chi connectivity index (χ0v) is 21.1. The van der Waals surface area contributed by atoms with Crippen LogP contribution < -0.4 is 5.32 Å². The van der Waals surface area contributed by atoms with Crippen LogP contribution in [-0.2, 0) is 4.79 Å². The molecule has 5 nitrogen and oxygen atoms in total. The zero-order valence-electron chi connectivity index (χ0n) is 20.3. The number of benzene rings is 3. The van der Waals surface area contributed by atoms with Crippen molar-refractivity contribution in [3.63, 3.8) is 0 Å². The fourth-order valence-corrected chi connectivity index (χ4v) is 4.62. The van der Waals surface area contributed by atoms with Gasteiger partial charge in [0.1, 0.15) is 6.04 Å². The Hall–Kier alpha value is -3.30. The third-order valence-corrected chi connectivity index (χ3v) is 6.74. The van der Waals surface area contributed by atoms with E-state index in [1.807, 2.05) is 92.3 Å². The summed E-state index contributed by atoms with van der Waals surface area (Å²) in [6, 6.07) is 20.7. The van der Waals surface area contributed by atoms with Crippen LogP contribution in [0.1, 0.15) is 33.5 Å². The van der Waals surface area contributed by atoms with Gasteiger partial charge in [0, 0.05) is 28.9 Å². The summed E-state index contributed by atoms with van der Waals surface area (Å²) >= 11 is 1.55. The summed E-state index contributed by atoms with van der Waals surface area (Å²) in [4.78, 5) is 29.3. The van der Waals surface area contributed by atoms with Crippen molar-refractivity contribution in [2.45, 2.75) is 19.4 Å². The molecule has 0 aliphatic rings. The number of rotatable bonds is 9. The molecule has 0 aliphatic carbocycles. The number of thioether (sulfide) groups is 1. The van der Waals surface area contributed by atoms with Crippen molar-refractivity contribution in [1.29, 1.82) is 0 Å². The molecule has 1 aromatic heterocycles. The molecule has 0 bridgehead atoms. The third-order valence-electron chi connectivity index (χ3n) is 6.09. The van der Waals surface area contributed by atoms with E-state index in [-0.39, 0.29) is 18.9 Å². The number of nitrogens with zero attached hydrogens (tertiary/aromatic N) is 1. The molecule has 0 fully saturated rings. The maximum absolute atomic E-state index is 13.3. The molecule has 3 aromatic carbocycles. The van der Waals surface area contributed by atoms with E-state index in [1.165, 1.54) is 0 Å². The summed E-state index contributed by atoms with van der Waals surface area (Å²) in [5, 5.41) is 14.5. The van der Waals surface area contributed by atoms with E-state index in [0.717, 1.165) is 38.6 Å². The number of aliphatic carboxylic acids is 1. The van der Waals surface area contributed by atoms with Gasteiger partial charge >= 0.3 is 24.8 Å². The van der Waals surface area contributed by atoms with E-state index >= 15 is 0 Å². The molecule has 1 heterocycles. The molecule has 7 heteroatoms. The van der Waals surface area contributed by atoms with E-state index in [0.29, 0.717) is 17.7 Å². The molecule has 4 rings (SSSR count). The standard InChI is InChI=1S/C30H28N2O3S.Li.H/c1-20-7-3-5-9-24(20)27-17-21(11-13-23-19-31-18-22-8-4-6-10-25(22)23)12-14-26(27)29(33)32-28(30(34)35)15-16-36-2;;/h3-14,17-19,28H,15-16H2,1-2H3,(H,32,33)(H,34,35);;/b13-11+;;. The van der Waals surface area contributed by atoms with Gasteiger partial charge in [0.2, 0.25) is 0 Å². The van der Waals surface area contributed by atoms with Crippen molar-refractivity contribution in [1.82, 2.24) is 10.3 Å². The van der Waals surface area contributed by atoms with E-state index in [1.54, 1.807) is 17.8 Å². The molecule has 4 aromatic rings. The van der Waals surface area contributed by atoms with Gasteiger partial charge in [-0.15, -0.1) is 0 Å². The number of amides is 1. The van der Waals surface area contributed by atoms with E-state index < -0.39 is 17.9 Å². The maximum atomic E-state index is 13.3. The number of carbonyl (C=O) groups excluding carboxylic acids is 1. The van der Waals surface area contributed by atoms with Crippen molar-refractivity contribution in [2.24, 2.45) is 0 Å². The Labute approximate surface area is 233 Å². The SMILES string of the molecule is CSCCC(NC(=O)c1ccc(/C=C/c2cncc3ccccc23)cc1-c1ccccc1C)C(=O)O.[LiH]. The molecule has 2 N–H and O–H groups in total. The Morgan fingerprint density at radius 2 is 1.76 bits per heavy atom. The Morgan fingerprint density at radius 1 is 1.00 bits per heavy atom. The number of hydrogen-bond donors (Lipinski definition) is 2.